The van der Waals surface area contributed by atoms with Crippen molar-refractivity contribution >= 4 is 46.1 Å². The molecule has 2 rings (SSSR count). The highest BCUT2D eigenvalue weighted by Gasteiger charge is 2.44. The maximum Gasteiger partial charge on any atom is 0.341 e. The second-order valence-corrected chi connectivity index (χ2v) is 6.96. The number of nitrogens with one attached hydrogen (secondary N) is 1. The molecule has 0 aliphatic carbocycles. The van der Waals surface area contributed by atoms with E-state index in [2.05, 4.69) is 11.9 Å². The summed E-state index contributed by atoms with van der Waals surface area (Å²) < 4.78 is 5.05. The molecule has 1 aliphatic rings. The molecular weight excluding hydrogens is 386 g/mol. The monoisotopic (exact) mass is 407 g/mol. The molecule has 1 aliphatic heterocycles. The van der Waals surface area contributed by atoms with Crippen molar-refractivity contribution in [2.45, 2.75) is 27.2 Å². The topological polar surface area (TPSA) is 113 Å². The van der Waals surface area contributed by atoms with Crippen molar-refractivity contribution in [2.24, 2.45) is 0 Å². The van der Waals surface area contributed by atoms with Crippen LogP contribution in [0.15, 0.2) is 12.7 Å². The zero-order valence-corrected chi connectivity index (χ0v) is 16.7. The van der Waals surface area contributed by atoms with Crippen LogP contribution in [-0.4, -0.2) is 59.2 Å². The fourth-order valence-electron chi connectivity index (χ4n) is 2.72. The van der Waals surface area contributed by atoms with E-state index in [1.807, 2.05) is 6.92 Å². The van der Waals surface area contributed by atoms with Crippen LogP contribution in [0.2, 0.25) is 0 Å². The van der Waals surface area contributed by atoms with Crippen molar-refractivity contribution in [3.05, 3.63) is 28.7 Å². The number of thiophene rings is 1. The highest BCUT2D eigenvalue weighted by atomic mass is 32.1. The van der Waals surface area contributed by atoms with Crippen molar-refractivity contribution in [2.75, 3.05) is 25.0 Å². The smallest absolute Gasteiger partial charge is 0.341 e. The minimum absolute atomic E-state index is 0.126. The quantitative estimate of drug-likeness (QED) is 0.304. The molecule has 0 unspecified atom stereocenters. The lowest BCUT2D eigenvalue weighted by atomic mass is 10.1. The Morgan fingerprint density at radius 2 is 1.82 bits per heavy atom. The van der Waals surface area contributed by atoms with Gasteiger partial charge in [0.2, 0.25) is 5.91 Å². The summed E-state index contributed by atoms with van der Waals surface area (Å²) >= 11 is 1.23. The molecule has 1 aromatic heterocycles. The van der Waals surface area contributed by atoms with Crippen LogP contribution in [0.25, 0.3) is 0 Å². The first-order valence-corrected chi connectivity index (χ1v) is 9.45. The number of nitrogens with zero attached hydrogens (tertiary/aromatic N) is 2. The van der Waals surface area contributed by atoms with Gasteiger partial charge in [0.1, 0.15) is 11.5 Å². The van der Waals surface area contributed by atoms with Gasteiger partial charge in [-0.1, -0.05) is 13.0 Å². The lowest BCUT2D eigenvalue weighted by Crippen LogP contribution is -2.39. The third kappa shape index (κ3) is 3.96. The standard InChI is InChI=1S/C18H21N3O6S/c1-5-8-20-15(23)16(24)21(18(20)26)9-12(22)19-14-13(17(25)27-7-3)10(4)11(6-2)28-14/h5H,1,6-9H2,2-4H3,(H,19,22). The van der Waals surface area contributed by atoms with Gasteiger partial charge in [-0.15, -0.1) is 17.9 Å². The van der Waals surface area contributed by atoms with Crippen LogP contribution in [0.1, 0.15) is 34.6 Å². The molecule has 0 spiro atoms. The second-order valence-electron chi connectivity index (χ2n) is 5.85. The zero-order chi connectivity index (χ0) is 21.0. The molecule has 28 heavy (non-hydrogen) atoms. The van der Waals surface area contributed by atoms with Crippen LogP contribution in [0.3, 0.4) is 0 Å². The van der Waals surface area contributed by atoms with Gasteiger partial charge in [-0.25, -0.2) is 14.5 Å². The van der Waals surface area contributed by atoms with E-state index in [1.165, 1.54) is 17.4 Å². The van der Waals surface area contributed by atoms with Gasteiger partial charge in [0.15, 0.2) is 0 Å². The Bertz CT molecular complexity index is 860. The third-order valence-electron chi connectivity index (χ3n) is 4.05. The largest absolute Gasteiger partial charge is 0.462 e. The van der Waals surface area contributed by atoms with Crippen LogP contribution in [0, 0.1) is 6.92 Å². The van der Waals surface area contributed by atoms with E-state index < -0.39 is 36.3 Å². The van der Waals surface area contributed by atoms with Crippen LogP contribution in [-0.2, 0) is 25.5 Å². The van der Waals surface area contributed by atoms with Gasteiger partial charge in [0.25, 0.3) is 0 Å². The minimum Gasteiger partial charge on any atom is -0.462 e. The Morgan fingerprint density at radius 1 is 1.18 bits per heavy atom. The number of hydrogen-bond donors (Lipinski definition) is 1. The van der Waals surface area contributed by atoms with E-state index in [1.54, 1.807) is 13.8 Å². The molecule has 1 N–H and O–H groups in total. The summed E-state index contributed by atoms with van der Waals surface area (Å²) in [6.07, 6.45) is 1.96. The Hall–Kier alpha value is -3.01. The number of hydrogen-bond acceptors (Lipinski definition) is 7. The number of anilines is 1. The molecule has 150 valence electrons. The maximum absolute atomic E-state index is 12.4. The van der Waals surface area contributed by atoms with Gasteiger partial charge < -0.3 is 10.1 Å². The van der Waals surface area contributed by atoms with E-state index in [9.17, 15) is 24.0 Å². The van der Waals surface area contributed by atoms with Gasteiger partial charge in [-0.2, -0.15) is 0 Å². The average molecular weight is 407 g/mol. The number of rotatable bonds is 8. The molecule has 1 fully saturated rings. The fourth-order valence-corrected chi connectivity index (χ4v) is 3.87. The SMILES string of the molecule is C=CCN1C(=O)C(=O)N(CC(=O)Nc2sc(CC)c(C)c2C(=O)OCC)C1=O. The number of imide groups is 2. The Labute approximate surface area is 165 Å². The van der Waals surface area contributed by atoms with E-state index in [-0.39, 0.29) is 23.7 Å². The highest BCUT2D eigenvalue weighted by Crippen LogP contribution is 2.34. The minimum atomic E-state index is -1.08. The molecule has 9 nitrogen and oxygen atoms in total. The van der Waals surface area contributed by atoms with Crippen LogP contribution in [0.5, 0.6) is 0 Å². The molecular formula is C18H21N3O6S. The van der Waals surface area contributed by atoms with E-state index in [0.717, 1.165) is 4.88 Å². The molecule has 1 saturated heterocycles. The van der Waals surface area contributed by atoms with E-state index in [0.29, 0.717) is 21.8 Å². The summed E-state index contributed by atoms with van der Waals surface area (Å²) in [6.45, 7) is 8.19. The van der Waals surface area contributed by atoms with Crippen LogP contribution in [0.4, 0.5) is 9.80 Å². The predicted octanol–water partition coefficient (Wildman–Crippen LogP) is 1.71. The van der Waals surface area contributed by atoms with Gasteiger partial charge in [-0.05, 0) is 25.8 Å². The number of aryl methyl sites for hydroxylation is 1. The molecule has 1 aromatic rings. The fraction of sp³-hybridized carbons (Fsp3) is 0.389. The third-order valence-corrected chi connectivity index (χ3v) is 5.40. The number of amides is 5. The summed E-state index contributed by atoms with van der Waals surface area (Å²) in [5, 5.41) is 2.84. The molecule has 0 radical (unpaired) electrons. The second kappa shape index (κ2) is 8.79. The molecule has 2 heterocycles. The van der Waals surface area contributed by atoms with Crippen molar-refractivity contribution in [1.29, 1.82) is 0 Å². The first-order chi connectivity index (χ1) is 13.3. The lowest BCUT2D eigenvalue weighted by Gasteiger charge is -2.14. The van der Waals surface area contributed by atoms with Gasteiger partial charge in [0, 0.05) is 11.4 Å². The normalized spacial score (nSPS) is 13.9. The summed E-state index contributed by atoms with van der Waals surface area (Å²) in [4.78, 5) is 62.8. The molecule has 5 amide bonds. The molecule has 0 bridgehead atoms. The summed E-state index contributed by atoms with van der Waals surface area (Å²) in [5.41, 5.74) is 0.961. The lowest BCUT2D eigenvalue weighted by molar-refractivity contribution is -0.143. The number of carbonyl (C=O) groups is 5. The summed E-state index contributed by atoms with van der Waals surface area (Å²) in [6, 6.07) is -0.882. The van der Waals surface area contributed by atoms with Crippen molar-refractivity contribution in [1.82, 2.24) is 9.80 Å². The van der Waals surface area contributed by atoms with E-state index in [4.69, 9.17) is 4.74 Å². The zero-order valence-electron chi connectivity index (χ0n) is 15.9. The number of urea groups is 1. The average Bonchev–Trinajstić information content (AvgIpc) is 3.06. The van der Waals surface area contributed by atoms with Crippen molar-refractivity contribution in [3.8, 4) is 0 Å². The molecule has 0 saturated carbocycles. The molecule has 10 heteroatoms. The number of carbonyl (C=O) groups excluding carboxylic acids is 5. The Morgan fingerprint density at radius 3 is 2.39 bits per heavy atom. The number of esters is 1. The molecule has 0 atom stereocenters. The Balaban J connectivity index is 2.20. The van der Waals surface area contributed by atoms with Gasteiger partial charge >= 0.3 is 23.8 Å². The van der Waals surface area contributed by atoms with Crippen molar-refractivity contribution in [3.63, 3.8) is 0 Å². The molecule has 0 aromatic carbocycles. The van der Waals surface area contributed by atoms with E-state index >= 15 is 0 Å². The first-order valence-electron chi connectivity index (χ1n) is 8.64. The van der Waals surface area contributed by atoms with Crippen molar-refractivity contribution < 1.29 is 28.7 Å². The number of ether oxygens (including phenoxy) is 1. The van der Waals surface area contributed by atoms with Crippen LogP contribution >= 0.6 is 11.3 Å². The highest BCUT2D eigenvalue weighted by molar-refractivity contribution is 7.17. The van der Waals surface area contributed by atoms with Gasteiger partial charge in [-0.3, -0.25) is 19.3 Å². The van der Waals surface area contributed by atoms with Crippen LogP contribution < -0.4 is 5.32 Å². The summed E-state index contributed by atoms with van der Waals surface area (Å²) in [5.74, 6) is -3.36. The predicted molar refractivity (Wildman–Crippen MR) is 102 cm³/mol. The first kappa shape index (κ1) is 21.3. The summed E-state index contributed by atoms with van der Waals surface area (Å²) in [7, 11) is 0. The maximum atomic E-state index is 12.4. The Kier molecular flexibility index (Phi) is 6.68. The van der Waals surface area contributed by atoms with Gasteiger partial charge in [0.05, 0.1) is 12.2 Å².